The van der Waals surface area contributed by atoms with Gasteiger partial charge in [-0.2, -0.15) is 8.42 Å². The zero-order valence-corrected chi connectivity index (χ0v) is 15.0. The SMILES string of the molecule is CC(C)[C@H](N)C(=O)NCC(=O)Nc1ccc2c(c1)N(S(N)(=O)=O)CC2. The molecule has 2 rings (SSSR count). The molecule has 0 aliphatic carbocycles. The van der Waals surface area contributed by atoms with Crippen molar-refractivity contribution in [2.75, 3.05) is 22.7 Å². The molecule has 1 heterocycles. The van der Waals surface area contributed by atoms with Gasteiger partial charge < -0.3 is 16.4 Å². The van der Waals surface area contributed by atoms with E-state index in [2.05, 4.69) is 10.6 Å². The lowest BCUT2D eigenvalue weighted by Gasteiger charge is -2.17. The summed E-state index contributed by atoms with van der Waals surface area (Å²) >= 11 is 0. The summed E-state index contributed by atoms with van der Waals surface area (Å²) < 4.78 is 24.3. The van der Waals surface area contributed by atoms with E-state index in [1.807, 2.05) is 13.8 Å². The topological polar surface area (TPSA) is 148 Å². The molecule has 25 heavy (non-hydrogen) atoms. The molecule has 0 bridgehead atoms. The Morgan fingerprint density at radius 2 is 2.00 bits per heavy atom. The molecule has 1 aromatic carbocycles. The predicted molar refractivity (Wildman–Crippen MR) is 95.1 cm³/mol. The van der Waals surface area contributed by atoms with Gasteiger partial charge in [-0.15, -0.1) is 0 Å². The number of amides is 2. The molecule has 0 saturated carbocycles. The van der Waals surface area contributed by atoms with Gasteiger partial charge >= 0.3 is 0 Å². The monoisotopic (exact) mass is 369 g/mol. The molecular weight excluding hydrogens is 346 g/mol. The van der Waals surface area contributed by atoms with Crippen molar-refractivity contribution >= 4 is 33.4 Å². The predicted octanol–water partition coefficient (Wildman–Crippen LogP) is -0.709. The van der Waals surface area contributed by atoms with E-state index in [9.17, 15) is 18.0 Å². The highest BCUT2D eigenvalue weighted by Crippen LogP contribution is 2.31. The maximum Gasteiger partial charge on any atom is 0.299 e. The van der Waals surface area contributed by atoms with E-state index in [1.54, 1.807) is 18.2 Å². The van der Waals surface area contributed by atoms with Crippen LogP contribution in [0.1, 0.15) is 19.4 Å². The summed E-state index contributed by atoms with van der Waals surface area (Å²) in [4.78, 5) is 23.7. The summed E-state index contributed by atoms with van der Waals surface area (Å²) in [5, 5.41) is 10.3. The van der Waals surface area contributed by atoms with Gasteiger partial charge in [-0.1, -0.05) is 19.9 Å². The van der Waals surface area contributed by atoms with Crippen LogP contribution in [0.2, 0.25) is 0 Å². The third kappa shape index (κ3) is 4.68. The Labute approximate surface area is 146 Å². The zero-order valence-electron chi connectivity index (χ0n) is 14.2. The summed E-state index contributed by atoms with van der Waals surface area (Å²) in [5.74, 6) is -0.882. The maximum atomic E-state index is 12.0. The van der Waals surface area contributed by atoms with Crippen molar-refractivity contribution in [1.82, 2.24) is 5.32 Å². The molecule has 0 spiro atoms. The van der Waals surface area contributed by atoms with Gasteiger partial charge in [0.25, 0.3) is 10.2 Å². The minimum absolute atomic E-state index is 0.0380. The number of carbonyl (C=O) groups excluding carboxylic acids is 2. The van der Waals surface area contributed by atoms with Gasteiger partial charge in [0.1, 0.15) is 0 Å². The summed E-state index contributed by atoms with van der Waals surface area (Å²) in [7, 11) is -3.85. The number of hydrogen-bond acceptors (Lipinski definition) is 5. The Bertz CT molecular complexity index is 778. The Kier molecular flexibility index (Phi) is 5.65. The second-order valence-electron chi connectivity index (χ2n) is 6.25. The van der Waals surface area contributed by atoms with E-state index in [1.165, 1.54) is 0 Å². The number of nitrogens with two attached hydrogens (primary N) is 2. The van der Waals surface area contributed by atoms with Crippen LogP contribution < -0.4 is 25.8 Å². The smallest absolute Gasteiger partial charge is 0.299 e. The highest BCUT2D eigenvalue weighted by atomic mass is 32.2. The van der Waals surface area contributed by atoms with Gasteiger partial charge in [0.15, 0.2) is 0 Å². The number of fused-ring (bicyclic) bond motifs is 1. The van der Waals surface area contributed by atoms with E-state index in [0.29, 0.717) is 17.8 Å². The lowest BCUT2D eigenvalue weighted by Crippen LogP contribution is -2.46. The fraction of sp³-hybridized carbons (Fsp3) is 0.467. The average Bonchev–Trinajstić information content (AvgIpc) is 2.95. The van der Waals surface area contributed by atoms with Crippen LogP contribution in [-0.2, 0) is 26.2 Å². The van der Waals surface area contributed by atoms with E-state index < -0.39 is 28.1 Å². The van der Waals surface area contributed by atoms with Gasteiger partial charge in [0.2, 0.25) is 11.8 Å². The number of hydrogen-bond donors (Lipinski definition) is 4. The fourth-order valence-corrected chi connectivity index (χ4v) is 3.28. The number of nitrogens with one attached hydrogen (secondary N) is 2. The van der Waals surface area contributed by atoms with Crippen LogP contribution in [0.25, 0.3) is 0 Å². The van der Waals surface area contributed by atoms with Crippen molar-refractivity contribution in [2.45, 2.75) is 26.3 Å². The maximum absolute atomic E-state index is 12.0. The third-order valence-corrected chi connectivity index (χ3v) is 4.97. The molecule has 6 N–H and O–H groups in total. The van der Waals surface area contributed by atoms with Crippen LogP contribution in [0, 0.1) is 5.92 Å². The van der Waals surface area contributed by atoms with Crippen LogP contribution >= 0.6 is 0 Å². The van der Waals surface area contributed by atoms with Crippen molar-refractivity contribution in [1.29, 1.82) is 0 Å². The first kappa shape index (κ1) is 19.2. The first-order chi connectivity index (χ1) is 11.6. The third-order valence-electron chi connectivity index (χ3n) is 3.97. The minimum Gasteiger partial charge on any atom is -0.346 e. The van der Waals surface area contributed by atoms with Crippen LogP contribution in [0.4, 0.5) is 11.4 Å². The largest absolute Gasteiger partial charge is 0.346 e. The lowest BCUT2D eigenvalue weighted by molar-refractivity contribution is -0.125. The molecule has 10 heteroatoms. The Hall–Kier alpha value is -2.17. The molecule has 1 atom stereocenters. The number of benzene rings is 1. The van der Waals surface area contributed by atoms with Gasteiger partial charge in [-0.05, 0) is 30.0 Å². The first-order valence-electron chi connectivity index (χ1n) is 7.86. The minimum atomic E-state index is -3.85. The Balaban J connectivity index is 2.00. The van der Waals surface area contributed by atoms with Crippen molar-refractivity contribution in [3.63, 3.8) is 0 Å². The molecule has 2 amide bonds. The summed E-state index contributed by atoms with van der Waals surface area (Å²) in [6.45, 7) is 3.67. The summed E-state index contributed by atoms with van der Waals surface area (Å²) in [6, 6.07) is 4.27. The molecular formula is C15H23N5O4S. The molecule has 138 valence electrons. The lowest BCUT2D eigenvalue weighted by atomic mass is 10.1. The van der Waals surface area contributed by atoms with Crippen molar-refractivity contribution in [2.24, 2.45) is 16.8 Å². The molecule has 0 saturated heterocycles. The molecule has 1 aliphatic heterocycles. The second-order valence-corrected chi connectivity index (χ2v) is 7.72. The fourth-order valence-electron chi connectivity index (χ4n) is 2.49. The molecule has 1 aliphatic rings. The average molecular weight is 369 g/mol. The van der Waals surface area contributed by atoms with Gasteiger partial charge in [0.05, 0.1) is 18.3 Å². The number of anilines is 2. The van der Waals surface area contributed by atoms with Crippen LogP contribution in [0.3, 0.4) is 0 Å². The highest BCUT2D eigenvalue weighted by molar-refractivity contribution is 7.90. The van der Waals surface area contributed by atoms with Crippen LogP contribution in [0.15, 0.2) is 18.2 Å². The van der Waals surface area contributed by atoms with E-state index in [-0.39, 0.29) is 19.0 Å². The second kappa shape index (κ2) is 7.38. The number of nitrogens with zero attached hydrogens (tertiary/aromatic N) is 1. The van der Waals surface area contributed by atoms with Crippen LogP contribution in [0.5, 0.6) is 0 Å². The molecule has 0 aromatic heterocycles. The number of rotatable bonds is 6. The molecule has 0 fully saturated rings. The summed E-state index contributed by atoms with van der Waals surface area (Å²) in [5.41, 5.74) is 7.40. The van der Waals surface area contributed by atoms with E-state index >= 15 is 0 Å². The first-order valence-corrected chi connectivity index (χ1v) is 9.36. The van der Waals surface area contributed by atoms with Crippen molar-refractivity contribution < 1.29 is 18.0 Å². The van der Waals surface area contributed by atoms with Crippen molar-refractivity contribution in [3.8, 4) is 0 Å². The molecule has 0 unspecified atom stereocenters. The number of carbonyl (C=O) groups is 2. The van der Waals surface area contributed by atoms with E-state index in [0.717, 1.165) is 9.87 Å². The molecule has 9 nitrogen and oxygen atoms in total. The zero-order chi connectivity index (χ0) is 18.8. The van der Waals surface area contributed by atoms with Gasteiger partial charge in [-0.25, -0.2) is 5.14 Å². The summed E-state index contributed by atoms with van der Waals surface area (Å²) in [6.07, 6.45) is 0.559. The van der Waals surface area contributed by atoms with Gasteiger partial charge in [-0.3, -0.25) is 13.9 Å². The van der Waals surface area contributed by atoms with Gasteiger partial charge in [0, 0.05) is 12.2 Å². The Morgan fingerprint density at radius 1 is 1.32 bits per heavy atom. The van der Waals surface area contributed by atoms with E-state index in [4.69, 9.17) is 10.9 Å². The highest BCUT2D eigenvalue weighted by Gasteiger charge is 2.27. The quantitative estimate of drug-likeness (QED) is 0.523. The molecule has 1 aromatic rings. The normalized spacial score (nSPS) is 15.0. The van der Waals surface area contributed by atoms with Crippen molar-refractivity contribution in [3.05, 3.63) is 23.8 Å². The van der Waals surface area contributed by atoms with Crippen LogP contribution in [-0.4, -0.2) is 39.4 Å². The standard InChI is InChI=1S/C15H23N5O4S/c1-9(2)14(16)15(22)18-8-13(21)19-11-4-3-10-5-6-20(12(10)7-11)25(17,23)24/h3-4,7,9,14H,5-6,8,16H2,1-2H3,(H,18,22)(H,19,21)(H2,17,23,24)/t14-/m0/s1. The molecule has 0 radical (unpaired) electrons. The Morgan fingerprint density at radius 3 is 2.60 bits per heavy atom.